The molecule has 1 heterocycles. The van der Waals surface area contributed by atoms with E-state index in [4.69, 9.17) is 11.6 Å². The van der Waals surface area contributed by atoms with Crippen LogP contribution in [0.25, 0.3) is 6.08 Å². The van der Waals surface area contributed by atoms with Crippen molar-refractivity contribution in [3.63, 3.8) is 0 Å². The number of thioether (sulfide) groups is 1. The lowest BCUT2D eigenvalue weighted by molar-refractivity contribution is -0.109. The van der Waals surface area contributed by atoms with Crippen LogP contribution in [-0.4, -0.2) is 20.8 Å². The molecule has 0 amide bonds. The van der Waals surface area contributed by atoms with Gasteiger partial charge in [0.05, 0.1) is 5.02 Å². The molecule has 0 aliphatic rings. The van der Waals surface area contributed by atoms with Gasteiger partial charge in [0, 0.05) is 25.1 Å². The lowest BCUT2D eigenvalue weighted by atomic mass is 10.5. The summed E-state index contributed by atoms with van der Waals surface area (Å²) < 4.78 is 0. The molecule has 0 fully saturated rings. The Morgan fingerprint density at radius 3 is 2.79 bits per heavy atom. The Kier molecular flexibility index (Phi) is 4.62. The monoisotopic (exact) mass is 228 g/mol. The molecule has 0 atom stereocenters. The molecule has 0 aromatic carbocycles. The number of nitrogens with zero attached hydrogens (tertiary/aromatic N) is 2. The van der Waals surface area contributed by atoms with Crippen LogP contribution < -0.4 is 0 Å². The molecule has 1 rings (SSSR count). The van der Waals surface area contributed by atoms with Crippen molar-refractivity contribution in [1.29, 1.82) is 0 Å². The first-order chi connectivity index (χ1) is 6.68. The summed E-state index contributed by atoms with van der Waals surface area (Å²) >= 11 is 6.86. The lowest BCUT2D eigenvalue weighted by Crippen LogP contribution is -1.86. The van der Waals surface area contributed by atoms with Gasteiger partial charge >= 0.3 is 0 Å². The molecule has 0 aliphatic heterocycles. The normalized spacial score (nSPS) is 10.7. The van der Waals surface area contributed by atoms with Crippen LogP contribution in [0, 0.1) is 0 Å². The first kappa shape index (κ1) is 11.2. The second-order valence-electron chi connectivity index (χ2n) is 2.46. The molecule has 0 spiro atoms. The molecule has 0 radical (unpaired) electrons. The average Bonchev–Trinajstić information content (AvgIpc) is 2.15. The van der Waals surface area contributed by atoms with Gasteiger partial charge in [-0.1, -0.05) is 29.4 Å². The third-order valence-electron chi connectivity index (χ3n) is 1.29. The second kappa shape index (κ2) is 5.78. The van der Waals surface area contributed by atoms with E-state index < -0.39 is 0 Å². The van der Waals surface area contributed by atoms with Gasteiger partial charge < -0.3 is 0 Å². The van der Waals surface area contributed by atoms with Gasteiger partial charge in [0.15, 0.2) is 10.9 Å². The summed E-state index contributed by atoms with van der Waals surface area (Å²) in [6.45, 7) is 1.54. The molecule has 0 aliphatic carbocycles. The maximum absolute atomic E-state index is 10.6. The van der Waals surface area contributed by atoms with Crippen molar-refractivity contribution in [3.05, 3.63) is 29.3 Å². The summed E-state index contributed by atoms with van der Waals surface area (Å²) in [6.07, 6.45) is 6.67. The number of halogens is 1. The SMILES string of the molecule is CC(=O)SCC=Cc1ncc(Cl)cn1. The van der Waals surface area contributed by atoms with Crippen LogP contribution in [0.3, 0.4) is 0 Å². The molecule has 14 heavy (non-hydrogen) atoms. The molecule has 0 bridgehead atoms. The Balaban J connectivity index is 2.44. The molecule has 1 aromatic rings. The van der Waals surface area contributed by atoms with Crippen LogP contribution in [0.4, 0.5) is 0 Å². The summed E-state index contributed by atoms with van der Waals surface area (Å²) in [5.74, 6) is 1.24. The molecule has 74 valence electrons. The van der Waals surface area contributed by atoms with Gasteiger partial charge in [0.2, 0.25) is 0 Å². The van der Waals surface area contributed by atoms with Crippen molar-refractivity contribution in [2.24, 2.45) is 0 Å². The van der Waals surface area contributed by atoms with E-state index in [2.05, 4.69) is 9.97 Å². The van der Waals surface area contributed by atoms with Crippen LogP contribution in [0.5, 0.6) is 0 Å². The minimum absolute atomic E-state index is 0.103. The summed E-state index contributed by atoms with van der Waals surface area (Å²) in [4.78, 5) is 18.5. The number of carbonyl (C=O) groups excluding carboxylic acids is 1. The third-order valence-corrected chi connectivity index (χ3v) is 2.25. The van der Waals surface area contributed by atoms with E-state index in [1.54, 1.807) is 6.08 Å². The van der Waals surface area contributed by atoms with E-state index in [9.17, 15) is 4.79 Å². The van der Waals surface area contributed by atoms with Crippen LogP contribution in [0.2, 0.25) is 5.02 Å². The first-order valence-electron chi connectivity index (χ1n) is 3.96. The summed E-state index contributed by atoms with van der Waals surface area (Å²) in [5, 5.41) is 0.618. The highest BCUT2D eigenvalue weighted by Gasteiger charge is 1.92. The number of hydrogen-bond acceptors (Lipinski definition) is 4. The largest absolute Gasteiger partial charge is 0.288 e. The molecular formula is C9H9ClN2OS. The predicted octanol–water partition coefficient (Wildman–Crippen LogP) is 2.42. The quantitative estimate of drug-likeness (QED) is 0.797. The Morgan fingerprint density at radius 2 is 2.21 bits per heavy atom. The van der Waals surface area contributed by atoms with Crippen molar-refractivity contribution < 1.29 is 4.79 Å². The van der Waals surface area contributed by atoms with Gasteiger partial charge in [-0.15, -0.1) is 0 Å². The van der Waals surface area contributed by atoms with Crippen LogP contribution in [-0.2, 0) is 4.79 Å². The summed E-state index contributed by atoms with van der Waals surface area (Å²) in [5.41, 5.74) is 0. The third kappa shape index (κ3) is 4.39. The molecular weight excluding hydrogens is 220 g/mol. The summed E-state index contributed by atoms with van der Waals surface area (Å²) in [7, 11) is 0. The number of aromatic nitrogens is 2. The Bertz CT molecular complexity index is 337. The fourth-order valence-electron chi connectivity index (χ4n) is 0.727. The van der Waals surface area contributed by atoms with Gasteiger partial charge in [0.1, 0.15) is 0 Å². The van der Waals surface area contributed by atoms with Crippen molar-refractivity contribution in [2.75, 3.05) is 5.75 Å². The van der Waals surface area contributed by atoms with Crippen molar-refractivity contribution in [1.82, 2.24) is 9.97 Å². The standard InChI is InChI=1S/C9H9ClN2OS/c1-7(13)14-4-2-3-9-11-5-8(10)6-12-9/h2-3,5-6H,4H2,1H3. The summed E-state index contributed by atoms with van der Waals surface area (Å²) in [6, 6.07) is 0. The van der Waals surface area contributed by atoms with Gasteiger partial charge in [0.25, 0.3) is 0 Å². The minimum atomic E-state index is 0.103. The minimum Gasteiger partial charge on any atom is -0.288 e. The zero-order valence-corrected chi connectivity index (χ0v) is 9.18. The highest BCUT2D eigenvalue weighted by atomic mass is 35.5. The molecule has 0 saturated carbocycles. The number of rotatable bonds is 3. The van der Waals surface area contributed by atoms with Gasteiger partial charge in [-0.05, 0) is 6.08 Å². The van der Waals surface area contributed by atoms with E-state index in [-0.39, 0.29) is 5.12 Å². The molecule has 0 unspecified atom stereocenters. The van der Waals surface area contributed by atoms with Crippen LogP contribution in [0.1, 0.15) is 12.7 Å². The van der Waals surface area contributed by atoms with E-state index in [0.717, 1.165) is 0 Å². The van der Waals surface area contributed by atoms with Crippen molar-refractivity contribution >= 4 is 34.6 Å². The molecule has 0 N–H and O–H groups in total. The fourth-order valence-corrected chi connectivity index (χ4v) is 1.25. The van der Waals surface area contributed by atoms with Crippen LogP contribution >= 0.6 is 23.4 Å². The Hall–Kier alpha value is -0.870. The van der Waals surface area contributed by atoms with E-state index in [1.165, 1.54) is 31.1 Å². The Morgan fingerprint density at radius 1 is 1.57 bits per heavy atom. The average molecular weight is 229 g/mol. The first-order valence-corrected chi connectivity index (χ1v) is 5.32. The highest BCUT2D eigenvalue weighted by Crippen LogP contribution is 2.05. The predicted molar refractivity (Wildman–Crippen MR) is 59.2 cm³/mol. The zero-order chi connectivity index (χ0) is 10.4. The van der Waals surface area contributed by atoms with Gasteiger partial charge in [-0.25, -0.2) is 9.97 Å². The molecule has 5 heteroatoms. The lowest BCUT2D eigenvalue weighted by Gasteiger charge is -1.91. The van der Waals surface area contributed by atoms with Crippen molar-refractivity contribution in [3.8, 4) is 0 Å². The maximum atomic E-state index is 10.6. The number of hydrogen-bond donors (Lipinski definition) is 0. The zero-order valence-electron chi connectivity index (χ0n) is 7.61. The second-order valence-corrected chi connectivity index (χ2v) is 4.10. The number of carbonyl (C=O) groups is 1. The fraction of sp³-hybridized carbons (Fsp3) is 0.222. The van der Waals surface area contributed by atoms with Gasteiger partial charge in [-0.2, -0.15) is 0 Å². The smallest absolute Gasteiger partial charge is 0.186 e. The molecule has 1 aromatic heterocycles. The van der Waals surface area contributed by atoms with E-state index in [1.807, 2.05) is 6.08 Å². The molecule has 3 nitrogen and oxygen atoms in total. The highest BCUT2D eigenvalue weighted by molar-refractivity contribution is 8.13. The van der Waals surface area contributed by atoms with E-state index >= 15 is 0 Å². The maximum Gasteiger partial charge on any atom is 0.186 e. The molecule has 0 saturated heterocycles. The topological polar surface area (TPSA) is 42.9 Å². The Labute approximate surface area is 91.6 Å². The van der Waals surface area contributed by atoms with Gasteiger partial charge in [-0.3, -0.25) is 4.79 Å². The van der Waals surface area contributed by atoms with E-state index in [0.29, 0.717) is 16.6 Å². The van der Waals surface area contributed by atoms with Crippen LogP contribution in [0.15, 0.2) is 18.5 Å². The van der Waals surface area contributed by atoms with Crippen molar-refractivity contribution in [2.45, 2.75) is 6.92 Å².